The minimum Gasteiger partial charge on any atom is -0.454 e. The van der Waals surface area contributed by atoms with Crippen molar-refractivity contribution in [3.63, 3.8) is 0 Å². The Morgan fingerprint density at radius 2 is 1.05 bits per heavy atom. The molecule has 0 aromatic carbocycles. The Kier molecular flexibility index (Phi) is 8.63. The average Bonchev–Trinajstić information content (AvgIpc) is 2.35. The van der Waals surface area contributed by atoms with Crippen molar-refractivity contribution >= 4 is 0 Å². The Hall–Kier alpha value is 0.543. The van der Waals surface area contributed by atoms with Gasteiger partial charge in [-0.1, -0.05) is 26.7 Å². The molecule has 2 nitrogen and oxygen atoms in total. The monoisotopic (exact) mass is 344 g/mol. The smallest absolute Gasteiger partial charge is 0.454 e. The maximum absolute atomic E-state index is 2.35. The van der Waals surface area contributed by atoms with Crippen LogP contribution in [0.5, 0.6) is 0 Å². The Balaban J connectivity index is 0.000000364. The molecular formula is C18H36N2Zn. The van der Waals surface area contributed by atoms with Crippen LogP contribution in [-0.4, -0.2) is 35.0 Å². The summed E-state index contributed by atoms with van der Waals surface area (Å²) in [5, 5.41) is 0. The molecule has 2 aliphatic rings. The summed E-state index contributed by atoms with van der Waals surface area (Å²) in [4.78, 5) is 4.70. The summed E-state index contributed by atoms with van der Waals surface area (Å²) in [6.45, 7) is 18.5. The molecule has 2 aliphatic heterocycles. The molecule has 0 aliphatic carbocycles. The molecule has 0 bridgehead atoms. The van der Waals surface area contributed by atoms with Crippen LogP contribution in [0, 0.1) is 24.9 Å². The number of hydrogen-bond acceptors (Lipinski definition) is 2. The molecular weight excluding hydrogens is 310 g/mol. The van der Waals surface area contributed by atoms with Gasteiger partial charge in [0, 0.05) is 0 Å². The molecule has 120 valence electrons. The van der Waals surface area contributed by atoms with Crippen LogP contribution in [0.25, 0.3) is 0 Å². The van der Waals surface area contributed by atoms with E-state index in [4.69, 9.17) is 0 Å². The molecule has 2 saturated heterocycles. The Labute approximate surface area is 146 Å². The first-order valence-corrected chi connectivity index (χ1v) is 8.22. The summed E-state index contributed by atoms with van der Waals surface area (Å²) in [6, 6.07) is 0. The van der Waals surface area contributed by atoms with Crippen molar-refractivity contribution < 1.29 is 19.5 Å². The van der Waals surface area contributed by atoms with E-state index in [1.807, 2.05) is 0 Å². The average molecular weight is 346 g/mol. The van der Waals surface area contributed by atoms with Gasteiger partial charge in [-0.15, -0.1) is 0 Å². The summed E-state index contributed by atoms with van der Waals surface area (Å²) >= 11 is 0. The molecule has 3 heteroatoms. The fourth-order valence-electron chi connectivity index (χ4n) is 2.91. The summed E-state index contributed by atoms with van der Waals surface area (Å²) in [6.07, 6.45) is 5.19. The maximum Gasteiger partial charge on any atom is 2.00 e. The second kappa shape index (κ2) is 8.41. The van der Waals surface area contributed by atoms with Crippen molar-refractivity contribution in [2.75, 3.05) is 14.1 Å². The number of nitrogens with zero attached hydrogens (tertiary/aromatic N) is 2. The van der Waals surface area contributed by atoms with Gasteiger partial charge in [-0.05, 0) is 64.7 Å². The van der Waals surface area contributed by atoms with Gasteiger partial charge in [0.1, 0.15) is 0 Å². The summed E-state index contributed by atoms with van der Waals surface area (Å²) < 4.78 is 0. The van der Waals surface area contributed by atoms with Gasteiger partial charge < -0.3 is 9.80 Å². The SMILES string of the molecule is CC1CC[CH-]N(C)C1(C)C.CC1CC[CH-]N(C)C1(C)C.[Zn+2]. The Morgan fingerprint density at radius 1 is 0.762 bits per heavy atom. The van der Waals surface area contributed by atoms with Gasteiger partial charge in [0.2, 0.25) is 0 Å². The first-order chi connectivity index (χ1) is 9.10. The van der Waals surface area contributed by atoms with E-state index in [2.05, 4.69) is 78.5 Å². The normalized spacial score (nSPS) is 32.6. The number of rotatable bonds is 0. The van der Waals surface area contributed by atoms with E-state index >= 15 is 0 Å². The molecule has 0 N–H and O–H groups in total. The zero-order valence-corrected chi connectivity index (χ0v) is 18.7. The van der Waals surface area contributed by atoms with Crippen molar-refractivity contribution in [2.24, 2.45) is 11.8 Å². The van der Waals surface area contributed by atoms with Crippen molar-refractivity contribution in [2.45, 2.75) is 78.3 Å². The molecule has 2 unspecified atom stereocenters. The predicted octanol–water partition coefficient (Wildman–Crippen LogP) is 4.57. The zero-order chi connectivity index (χ0) is 15.6. The summed E-state index contributed by atoms with van der Waals surface area (Å²) in [7, 11) is 4.35. The fraction of sp³-hybridized carbons (Fsp3) is 0.889. The van der Waals surface area contributed by atoms with Gasteiger partial charge in [-0.2, -0.15) is 12.8 Å². The van der Waals surface area contributed by atoms with Crippen LogP contribution in [0.4, 0.5) is 0 Å². The fourth-order valence-corrected chi connectivity index (χ4v) is 2.91. The third-order valence-corrected chi connectivity index (χ3v) is 6.24. The number of hydrogen-bond donors (Lipinski definition) is 0. The summed E-state index contributed by atoms with van der Waals surface area (Å²) in [5.74, 6) is 1.64. The minimum atomic E-state index is 0. The van der Waals surface area contributed by atoms with Crippen LogP contribution in [0.3, 0.4) is 0 Å². The van der Waals surface area contributed by atoms with E-state index in [9.17, 15) is 0 Å². The van der Waals surface area contributed by atoms with Crippen LogP contribution in [-0.2, 0) is 19.5 Å². The molecule has 0 spiro atoms. The van der Waals surface area contributed by atoms with Gasteiger partial charge >= 0.3 is 19.5 Å². The zero-order valence-electron chi connectivity index (χ0n) is 15.7. The van der Waals surface area contributed by atoms with Gasteiger partial charge in [0.25, 0.3) is 0 Å². The molecule has 2 rings (SSSR count). The quantitative estimate of drug-likeness (QED) is 0.468. The van der Waals surface area contributed by atoms with Crippen molar-refractivity contribution in [1.29, 1.82) is 0 Å². The van der Waals surface area contributed by atoms with Crippen LogP contribution in [0.15, 0.2) is 0 Å². The first-order valence-electron chi connectivity index (χ1n) is 8.22. The van der Waals surface area contributed by atoms with E-state index in [0.29, 0.717) is 11.1 Å². The standard InChI is InChI=1S/2C9H18N.Zn/c2*1-8-6-5-7-10(4)9(8,2)3;/h2*7-8H,5-6H2,1-4H3;/q2*-1;+2. The maximum atomic E-state index is 2.35. The molecule has 0 aromatic rings. The van der Waals surface area contributed by atoms with Crippen molar-refractivity contribution in [3.8, 4) is 0 Å². The molecule has 21 heavy (non-hydrogen) atoms. The minimum absolute atomic E-state index is 0. The van der Waals surface area contributed by atoms with Crippen molar-refractivity contribution in [1.82, 2.24) is 9.80 Å². The van der Waals surface area contributed by atoms with Crippen LogP contribution in [0.1, 0.15) is 67.2 Å². The number of piperidine rings is 2. The first kappa shape index (κ1) is 21.5. The van der Waals surface area contributed by atoms with Gasteiger partial charge in [-0.3, -0.25) is 13.1 Å². The van der Waals surface area contributed by atoms with E-state index in [0.717, 1.165) is 11.8 Å². The third kappa shape index (κ3) is 5.29. The van der Waals surface area contributed by atoms with E-state index in [-0.39, 0.29) is 19.5 Å². The Bertz CT molecular complexity index is 248. The van der Waals surface area contributed by atoms with E-state index in [1.54, 1.807) is 0 Å². The largest absolute Gasteiger partial charge is 2.00 e. The molecule has 0 aromatic heterocycles. The molecule has 2 atom stereocenters. The molecule has 0 amide bonds. The van der Waals surface area contributed by atoms with Gasteiger partial charge in [0.05, 0.1) is 0 Å². The third-order valence-electron chi connectivity index (χ3n) is 6.24. The molecule has 0 saturated carbocycles. The topological polar surface area (TPSA) is 6.48 Å². The Morgan fingerprint density at radius 3 is 1.24 bits per heavy atom. The van der Waals surface area contributed by atoms with E-state index in [1.165, 1.54) is 25.7 Å². The summed E-state index contributed by atoms with van der Waals surface area (Å²) in [5.41, 5.74) is 0.747. The van der Waals surface area contributed by atoms with Gasteiger partial charge in [0.15, 0.2) is 0 Å². The van der Waals surface area contributed by atoms with Gasteiger partial charge in [-0.25, -0.2) is 0 Å². The van der Waals surface area contributed by atoms with Crippen molar-refractivity contribution in [3.05, 3.63) is 13.1 Å². The van der Waals surface area contributed by atoms with E-state index < -0.39 is 0 Å². The second-order valence-electron chi connectivity index (χ2n) is 7.85. The number of likely N-dealkylation sites (tertiary alicyclic amines) is 2. The second-order valence-corrected chi connectivity index (χ2v) is 7.85. The van der Waals surface area contributed by atoms with Crippen LogP contribution in [0.2, 0.25) is 0 Å². The predicted molar refractivity (Wildman–Crippen MR) is 89.1 cm³/mol. The molecule has 0 radical (unpaired) electrons. The molecule has 2 heterocycles. The van der Waals surface area contributed by atoms with Crippen LogP contribution < -0.4 is 0 Å². The molecule has 2 fully saturated rings. The van der Waals surface area contributed by atoms with Crippen LogP contribution >= 0.6 is 0 Å².